The molecule has 0 spiro atoms. The van der Waals surface area contributed by atoms with E-state index in [1.54, 1.807) is 4.90 Å². The molecule has 1 unspecified atom stereocenters. The highest BCUT2D eigenvalue weighted by Crippen LogP contribution is 2.16. The van der Waals surface area contributed by atoms with Crippen molar-refractivity contribution < 1.29 is 14.6 Å². The second kappa shape index (κ2) is 5.80. The number of hydrogen-bond acceptors (Lipinski definition) is 3. The molecule has 1 aliphatic rings. The van der Waals surface area contributed by atoms with Crippen LogP contribution in [0.3, 0.4) is 0 Å². The number of nitrogens with zero attached hydrogens (tertiary/aromatic N) is 1. The highest BCUT2D eigenvalue weighted by molar-refractivity contribution is 5.78. The second-order valence-electron chi connectivity index (χ2n) is 4.33. The first-order valence-electron chi connectivity index (χ1n) is 5.80. The Morgan fingerprint density at radius 1 is 1.35 bits per heavy atom. The summed E-state index contributed by atoms with van der Waals surface area (Å²) in [5, 5.41) is 8.99. The van der Waals surface area contributed by atoms with E-state index in [2.05, 4.69) is 0 Å². The molecule has 1 fully saturated rings. The van der Waals surface area contributed by atoms with Gasteiger partial charge in [-0.3, -0.25) is 4.79 Å². The van der Waals surface area contributed by atoms with Crippen LogP contribution in [0.4, 0.5) is 0 Å². The molecular formula is C13H17NO3. The lowest BCUT2D eigenvalue weighted by Crippen LogP contribution is -2.28. The van der Waals surface area contributed by atoms with Crippen LogP contribution in [0.2, 0.25) is 0 Å². The summed E-state index contributed by atoms with van der Waals surface area (Å²) in [6.07, 6.45) is 0.436. The number of hydrogen-bond donors (Lipinski definition) is 1. The molecule has 1 aromatic rings. The van der Waals surface area contributed by atoms with Gasteiger partial charge in [0, 0.05) is 25.5 Å². The fourth-order valence-electron chi connectivity index (χ4n) is 1.95. The standard InChI is InChI=1S/C13H17NO3/c15-8-12-6-13(16)14(7-12)10-17-9-11-4-2-1-3-5-11/h1-5,12,15H,6-10H2. The molecule has 17 heavy (non-hydrogen) atoms. The van der Waals surface area contributed by atoms with Crippen LogP contribution in [0.5, 0.6) is 0 Å². The van der Waals surface area contributed by atoms with E-state index in [4.69, 9.17) is 9.84 Å². The lowest BCUT2D eigenvalue weighted by Gasteiger charge is -2.16. The van der Waals surface area contributed by atoms with Crippen LogP contribution < -0.4 is 0 Å². The Morgan fingerprint density at radius 3 is 2.76 bits per heavy atom. The van der Waals surface area contributed by atoms with Crippen LogP contribution in [0.15, 0.2) is 30.3 Å². The van der Waals surface area contributed by atoms with Crippen molar-refractivity contribution in [3.8, 4) is 0 Å². The van der Waals surface area contributed by atoms with Gasteiger partial charge in [-0.05, 0) is 5.56 Å². The smallest absolute Gasteiger partial charge is 0.224 e. The van der Waals surface area contributed by atoms with Crippen LogP contribution in [0, 0.1) is 5.92 Å². The Balaban J connectivity index is 1.74. The molecule has 0 bridgehead atoms. The number of carbonyl (C=O) groups is 1. The average Bonchev–Trinajstić information content (AvgIpc) is 2.72. The molecule has 1 amide bonds. The summed E-state index contributed by atoms with van der Waals surface area (Å²) in [6.45, 7) is 1.49. The second-order valence-corrected chi connectivity index (χ2v) is 4.33. The van der Waals surface area contributed by atoms with Crippen molar-refractivity contribution in [3.05, 3.63) is 35.9 Å². The van der Waals surface area contributed by atoms with Crippen LogP contribution in [0.1, 0.15) is 12.0 Å². The molecule has 4 heteroatoms. The Morgan fingerprint density at radius 2 is 2.12 bits per heavy atom. The molecule has 1 saturated heterocycles. The Hall–Kier alpha value is -1.39. The number of likely N-dealkylation sites (tertiary alicyclic amines) is 1. The Labute approximate surface area is 101 Å². The van der Waals surface area contributed by atoms with Gasteiger partial charge in [0.05, 0.1) is 6.61 Å². The minimum Gasteiger partial charge on any atom is -0.396 e. The average molecular weight is 235 g/mol. The van der Waals surface area contributed by atoms with E-state index in [9.17, 15) is 4.79 Å². The minimum atomic E-state index is 0.0668. The summed E-state index contributed by atoms with van der Waals surface area (Å²) in [5.41, 5.74) is 1.10. The van der Waals surface area contributed by atoms with Crippen LogP contribution in [-0.4, -0.2) is 35.8 Å². The van der Waals surface area contributed by atoms with Gasteiger partial charge in [-0.2, -0.15) is 0 Å². The van der Waals surface area contributed by atoms with E-state index >= 15 is 0 Å². The fraction of sp³-hybridized carbons (Fsp3) is 0.462. The largest absolute Gasteiger partial charge is 0.396 e. The summed E-state index contributed by atoms with van der Waals surface area (Å²) in [6, 6.07) is 9.85. The highest BCUT2D eigenvalue weighted by atomic mass is 16.5. The summed E-state index contributed by atoms with van der Waals surface area (Å²) < 4.78 is 5.49. The topological polar surface area (TPSA) is 49.8 Å². The summed E-state index contributed by atoms with van der Waals surface area (Å²) >= 11 is 0. The van der Waals surface area contributed by atoms with Gasteiger partial charge in [-0.15, -0.1) is 0 Å². The zero-order valence-corrected chi connectivity index (χ0v) is 9.71. The van der Waals surface area contributed by atoms with Crippen molar-refractivity contribution in [1.82, 2.24) is 4.90 Å². The van der Waals surface area contributed by atoms with Gasteiger partial charge in [0.15, 0.2) is 0 Å². The Kier molecular flexibility index (Phi) is 4.12. The first-order chi connectivity index (χ1) is 8.29. The predicted molar refractivity (Wildman–Crippen MR) is 63.0 cm³/mol. The molecule has 1 aromatic carbocycles. The molecule has 92 valence electrons. The van der Waals surface area contributed by atoms with Gasteiger partial charge >= 0.3 is 0 Å². The van der Waals surface area contributed by atoms with Crippen molar-refractivity contribution in [3.63, 3.8) is 0 Å². The molecule has 4 nitrogen and oxygen atoms in total. The normalized spacial score (nSPS) is 19.9. The number of aliphatic hydroxyl groups excluding tert-OH is 1. The van der Waals surface area contributed by atoms with E-state index in [0.29, 0.717) is 26.3 Å². The van der Waals surface area contributed by atoms with Crippen LogP contribution in [-0.2, 0) is 16.1 Å². The number of amides is 1. The molecular weight excluding hydrogens is 218 g/mol. The van der Waals surface area contributed by atoms with Gasteiger partial charge < -0.3 is 14.7 Å². The van der Waals surface area contributed by atoms with Crippen LogP contribution >= 0.6 is 0 Å². The number of rotatable bonds is 5. The van der Waals surface area contributed by atoms with Crippen molar-refractivity contribution in [2.45, 2.75) is 13.0 Å². The van der Waals surface area contributed by atoms with Gasteiger partial charge in [-0.25, -0.2) is 0 Å². The summed E-state index contributed by atoms with van der Waals surface area (Å²) in [4.78, 5) is 13.2. The maximum atomic E-state index is 11.5. The van der Waals surface area contributed by atoms with Crippen molar-refractivity contribution in [2.24, 2.45) is 5.92 Å². The molecule has 1 N–H and O–H groups in total. The molecule has 0 aromatic heterocycles. The summed E-state index contributed by atoms with van der Waals surface area (Å²) in [5.74, 6) is 0.139. The van der Waals surface area contributed by atoms with Crippen molar-refractivity contribution in [1.29, 1.82) is 0 Å². The third-order valence-electron chi connectivity index (χ3n) is 2.91. The number of aliphatic hydroxyl groups is 1. The quantitative estimate of drug-likeness (QED) is 0.828. The minimum absolute atomic E-state index is 0.0668. The molecule has 1 heterocycles. The summed E-state index contributed by atoms with van der Waals surface area (Å²) in [7, 11) is 0. The third kappa shape index (κ3) is 3.28. The highest BCUT2D eigenvalue weighted by Gasteiger charge is 2.28. The third-order valence-corrected chi connectivity index (χ3v) is 2.91. The monoisotopic (exact) mass is 235 g/mol. The lowest BCUT2D eigenvalue weighted by atomic mass is 10.1. The van der Waals surface area contributed by atoms with E-state index in [1.807, 2.05) is 30.3 Å². The number of carbonyl (C=O) groups excluding carboxylic acids is 1. The van der Waals surface area contributed by atoms with Gasteiger partial charge in [-0.1, -0.05) is 30.3 Å². The van der Waals surface area contributed by atoms with Gasteiger partial charge in [0.2, 0.25) is 5.91 Å². The van der Waals surface area contributed by atoms with E-state index in [0.717, 1.165) is 5.56 Å². The predicted octanol–water partition coefficient (Wildman–Crippen LogP) is 1.00. The van der Waals surface area contributed by atoms with Gasteiger partial charge in [0.25, 0.3) is 0 Å². The fourth-order valence-corrected chi connectivity index (χ4v) is 1.95. The number of ether oxygens (including phenoxy) is 1. The molecule has 1 atom stereocenters. The SMILES string of the molecule is O=C1CC(CO)CN1COCc1ccccc1. The zero-order chi connectivity index (χ0) is 12.1. The Bertz CT molecular complexity index is 366. The lowest BCUT2D eigenvalue weighted by molar-refractivity contribution is -0.132. The molecule has 2 rings (SSSR count). The maximum absolute atomic E-state index is 11.5. The van der Waals surface area contributed by atoms with Crippen molar-refractivity contribution >= 4 is 5.91 Å². The van der Waals surface area contributed by atoms with Gasteiger partial charge in [0.1, 0.15) is 6.73 Å². The molecule has 0 saturated carbocycles. The van der Waals surface area contributed by atoms with Crippen molar-refractivity contribution in [2.75, 3.05) is 19.9 Å². The van der Waals surface area contributed by atoms with E-state index < -0.39 is 0 Å². The first-order valence-corrected chi connectivity index (χ1v) is 5.80. The first kappa shape index (κ1) is 12.1. The maximum Gasteiger partial charge on any atom is 0.224 e. The zero-order valence-electron chi connectivity index (χ0n) is 9.71. The molecule has 1 aliphatic heterocycles. The number of benzene rings is 1. The van der Waals surface area contributed by atoms with E-state index in [1.165, 1.54) is 0 Å². The molecule has 0 radical (unpaired) electrons. The van der Waals surface area contributed by atoms with Crippen LogP contribution in [0.25, 0.3) is 0 Å². The van der Waals surface area contributed by atoms with E-state index in [-0.39, 0.29) is 18.4 Å². The molecule has 0 aliphatic carbocycles.